The van der Waals surface area contributed by atoms with Crippen molar-refractivity contribution >= 4 is 33.8 Å². The van der Waals surface area contributed by atoms with E-state index >= 15 is 0 Å². The molecule has 47 heavy (non-hydrogen) atoms. The first-order chi connectivity index (χ1) is 22.1. The Kier molecular flexibility index (Phi) is 12.9. The van der Waals surface area contributed by atoms with Gasteiger partial charge in [0.15, 0.2) is 0 Å². The molecular weight excluding hydrogens is 626 g/mol. The first-order valence-electron chi connectivity index (χ1n) is 15.5. The number of hydrogen-bond donors (Lipinski definition) is 2. The predicted octanol–water partition coefficient (Wildman–Crippen LogP) is 1.81. The summed E-state index contributed by atoms with van der Waals surface area (Å²) in [7, 11) is 0.455. The largest absolute Gasteiger partial charge is 0.497 e. The van der Waals surface area contributed by atoms with E-state index in [1.165, 1.54) is 42.5 Å². The van der Waals surface area contributed by atoms with Crippen LogP contribution in [-0.4, -0.2) is 122 Å². The molecule has 1 unspecified atom stereocenters. The van der Waals surface area contributed by atoms with Crippen LogP contribution in [0.4, 0.5) is 4.79 Å². The average molecular weight is 674 g/mol. The summed E-state index contributed by atoms with van der Waals surface area (Å²) >= 11 is 0. The summed E-state index contributed by atoms with van der Waals surface area (Å²) in [4.78, 5) is 55.6. The fourth-order valence-electron chi connectivity index (χ4n) is 5.34. The van der Waals surface area contributed by atoms with Crippen LogP contribution in [0.25, 0.3) is 0 Å². The number of amides is 5. The molecule has 1 fully saturated rings. The molecule has 0 bridgehead atoms. The Labute approximate surface area is 277 Å². The van der Waals surface area contributed by atoms with Gasteiger partial charge >= 0.3 is 6.03 Å². The molecule has 1 saturated heterocycles. The normalized spacial score (nSPS) is 15.7. The highest BCUT2D eigenvalue weighted by Crippen LogP contribution is 2.23. The second-order valence-electron chi connectivity index (χ2n) is 12.6. The van der Waals surface area contributed by atoms with Crippen molar-refractivity contribution < 1.29 is 37.4 Å². The third-order valence-corrected chi connectivity index (χ3v) is 9.70. The fraction of sp³-hybridized carbons (Fsp3) is 0.515. The zero-order chi connectivity index (χ0) is 35.1. The molecule has 0 radical (unpaired) electrons. The number of aliphatic hydroxyl groups excluding tert-OH is 1. The number of ether oxygens (including phenoxy) is 1. The van der Waals surface area contributed by atoms with Crippen LogP contribution >= 0.6 is 0 Å². The highest BCUT2D eigenvalue weighted by molar-refractivity contribution is 7.89. The topological polar surface area (TPSA) is 157 Å². The lowest BCUT2D eigenvalue weighted by Gasteiger charge is -2.34. The summed E-state index contributed by atoms with van der Waals surface area (Å²) in [5.41, 5.74) is 0.784. The number of nitrogens with zero attached hydrogens (tertiary/aromatic N) is 4. The second-order valence-corrected chi connectivity index (χ2v) is 14.6. The van der Waals surface area contributed by atoms with Gasteiger partial charge in [0.2, 0.25) is 21.8 Å². The molecule has 0 aromatic heterocycles. The van der Waals surface area contributed by atoms with Gasteiger partial charge in [0.1, 0.15) is 24.9 Å². The summed E-state index contributed by atoms with van der Waals surface area (Å²) in [6.07, 6.45) is -1.20. The van der Waals surface area contributed by atoms with Crippen LogP contribution in [0, 0.1) is 11.8 Å². The molecule has 14 heteroatoms. The van der Waals surface area contributed by atoms with Gasteiger partial charge in [-0.25, -0.2) is 13.2 Å². The van der Waals surface area contributed by atoms with Gasteiger partial charge in [0.25, 0.3) is 5.91 Å². The van der Waals surface area contributed by atoms with Gasteiger partial charge in [-0.3, -0.25) is 19.3 Å². The highest BCUT2D eigenvalue weighted by Gasteiger charge is 2.45. The minimum Gasteiger partial charge on any atom is -0.497 e. The maximum absolute atomic E-state index is 13.9. The lowest BCUT2D eigenvalue weighted by molar-refractivity contribution is -0.134. The number of benzene rings is 2. The van der Waals surface area contributed by atoms with E-state index in [1.807, 2.05) is 44.2 Å². The van der Waals surface area contributed by atoms with Crippen LogP contribution in [0.2, 0.25) is 0 Å². The third-order valence-electron chi connectivity index (χ3n) is 7.86. The van der Waals surface area contributed by atoms with Gasteiger partial charge in [-0.05, 0) is 48.1 Å². The molecule has 258 valence electrons. The van der Waals surface area contributed by atoms with E-state index in [4.69, 9.17) is 4.74 Å². The number of carbonyl (C=O) groups excluding carboxylic acids is 4. The van der Waals surface area contributed by atoms with Crippen molar-refractivity contribution in [2.75, 3.05) is 47.4 Å². The average Bonchev–Trinajstić information content (AvgIpc) is 3.28. The molecular formula is C33H47N5O8S. The minimum atomic E-state index is -4.05. The van der Waals surface area contributed by atoms with Gasteiger partial charge in [-0.15, -0.1) is 0 Å². The summed E-state index contributed by atoms with van der Waals surface area (Å²) < 4.78 is 33.9. The monoisotopic (exact) mass is 673 g/mol. The maximum atomic E-state index is 13.9. The standard InChI is InChI=1S/C33H47N5O8S/c1-22(2)18-36(47(44,45)26-15-13-25(46-7)14-16-26)19-28(39)27(17-24-11-9-8-10-12-24)34-32(42)31(23(3)4)38-21-30(41)37(33(38)43)20-29(40)35(5)6/h8-16,22-23,27-28,31,39H,17-21H2,1-7H3,(H,34,42)/t27-,28+,31?/m0/s1. The summed E-state index contributed by atoms with van der Waals surface area (Å²) in [6.45, 7) is 6.14. The van der Waals surface area contributed by atoms with Crippen molar-refractivity contribution in [3.05, 3.63) is 60.2 Å². The van der Waals surface area contributed by atoms with E-state index < -0.39 is 64.4 Å². The number of imide groups is 1. The molecule has 1 aliphatic heterocycles. The molecule has 5 amide bonds. The van der Waals surface area contributed by atoms with Crippen LogP contribution in [0.5, 0.6) is 5.75 Å². The fourth-order valence-corrected chi connectivity index (χ4v) is 6.97. The summed E-state index contributed by atoms with van der Waals surface area (Å²) in [6, 6.07) is 12.3. The molecule has 2 aromatic carbocycles. The Morgan fingerprint density at radius 2 is 1.60 bits per heavy atom. The van der Waals surface area contributed by atoms with E-state index in [1.54, 1.807) is 26.0 Å². The lowest BCUT2D eigenvalue weighted by Crippen LogP contribution is -2.57. The number of aliphatic hydroxyl groups is 1. The smallest absolute Gasteiger partial charge is 0.328 e. The number of methoxy groups -OCH3 is 1. The number of nitrogens with one attached hydrogen (secondary N) is 1. The molecule has 1 aliphatic rings. The van der Waals surface area contributed by atoms with Crippen molar-refractivity contribution in [2.24, 2.45) is 11.8 Å². The highest BCUT2D eigenvalue weighted by atomic mass is 32.2. The van der Waals surface area contributed by atoms with Crippen LogP contribution in [0.15, 0.2) is 59.5 Å². The van der Waals surface area contributed by atoms with Crippen LogP contribution in [0.1, 0.15) is 33.3 Å². The first kappa shape index (κ1) is 37.4. The van der Waals surface area contributed by atoms with E-state index in [-0.39, 0.29) is 36.9 Å². The molecule has 2 N–H and O–H groups in total. The molecule has 3 atom stereocenters. The predicted molar refractivity (Wildman–Crippen MR) is 176 cm³/mol. The minimum absolute atomic E-state index is 0.0317. The van der Waals surface area contributed by atoms with Crippen LogP contribution < -0.4 is 10.1 Å². The van der Waals surface area contributed by atoms with Crippen molar-refractivity contribution in [1.29, 1.82) is 0 Å². The van der Waals surface area contributed by atoms with Gasteiger partial charge < -0.3 is 25.0 Å². The molecule has 13 nitrogen and oxygen atoms in total. The van der Waals surface area contributed by atoms with Crippen LogP contribution in [-0.2, 0) is 30.8 Å². The van der Waals surface area contributed by atoms with Crippen LogP contribution in [0.3, 0.4) is 0 Å². The van der Waals surface area contributed by atoms with Gasteiger partial charge in [0.05, 0.1) is 24.2 Å². The van der Waals surface area contributed by atoms with Crippen molar-refractivity contribution in [1.82, 2.24) is 24.3 Å². The maximum Gasteiger partial charge on any atom is 0.328 e. The van der Waals surface area contributed by atoms with E-state index in [9.17, 15) is 32.7 Å². The third kappa shape index (κ3) is 9.52. The zero-order valence-corrected chi connectivity index (χ0v) is 28.9. The number of sulfonamides is 1. The zero-order valence-electron chi connectivity index (χ0n) is 28.1. The van der Waals surface area contributed by atoms with Gasteiger partial charge in [-0.1, -0.05) is 58.0 Å². The van der Waals surface area contributed by atoms with Crippen molar-refractivity contribution in [2.45, 2.75) is 57.2 Å². The number of urea groups is 1. The van der Waals surface area contributed by atoms with Crippen molar-refractivity contribution in [3.8, 4) is 5.75 Å². The molecule has 3 rings (SSSR count). The van der Waals surface area contributed by atoms with E-state index in [0.29, 0.717) is 5.75 Å². The number of carbonyl (C=O) groups is 4. The number of hydrogen-bond acceptors (Lipinski definition) is 8. The van der Waals surface area contributed by atoms with E-state index in [0.717, 1.165) is 15.4 Å². The van der Waals surface area contributed by atoms with Gasteiger partial charge in [0, 0.05) is 27.2 Å². The SMILES string of the molecule is COc1ccc(S(=O)(=O)N(CC(C)C)C[C@@H](O)[C@H](Cc2ccccc2)NC(=O)C(C(C)C)N2CC(=O)N(CC(=O)N(C)C)C2=O)cc1. The molecule has 1 heterocycles. The first-order valence-corrected chi connectivity index (χ1v) is 17.0. The Bertz CT molecular complexity index is 1500. The molecule has 0 saturated carbocycles. The van der Waals surface area contributed by atoms with Gasteiger partial charge in [-0.2, -0.15) is 4.31 Å². The molecule has 2 aromatic rings. The Morgan fingerprint density at radius 3 is 2.13 bits per heavy atom. The number of likely N-dealkylation sites (N-methyl/N-ethyl adjacent to an activating group) is 1. The quantitative estimate of drug-likeness (QED) is 0.256. The Morgan fingerprint density at radius 1 is 0.979 bits per heavy atom. The second kappa shape index (κ2) is 16.2. The van der Waals surface area contributed by atoms with E-state index in [2.05, 4.69) is 5.32 Å². The Hall–Kier alpha value is -4.01. The summed E-state index contributed by atoms with van der Waals surface area (Å²) in [5, 5.41) is 14.5. The Balaban J connectivity index is 1.91. The lowest BCUT2D eigenvalue weighted by atomic mass is 9.97. The summed E-state index contributed by atoms with van der Waals surface area (Å²) in [5.74, 6) is -1.69. The number of rotatable bonds is 16. The van der Waals surface area contributed by atoms with Crippen molar-refractivity contribution in [3.63, 3.8) is 0 Å². The molecule has 0 spiro atoms. The molecule has 0 aliphatic carbocycles.